The number of rotatable bonds is 0. The van der Waals surface area contributed by atoms with Crippen molar-refractivity contribution in [1.29, 1.82) is 0 Å². The first kappa shape index (κ1) is 7.99. The Hall–Kier alpha value is -0.110. The zero-order chi connectivity index (χ0) is 7.72. The van der Waals surface area contributed by atoms with E-state index in [1.54, 1.807) is 0 Å². The van der Waals surface area contributed by atoms with Crippen LogP contribution in [-0.2, 0) is 5.11 Å². The van der Waals surface area contributed by atoms with Crippen LogP contribution in [-0.4, -0.2) is 0 Å². The highest BCUT2D eigenvalue weighted by atomic mass is 35.5. The van der Waals surface area contributed by atoms with Crippen molar-refractivity contribution < 1.29 is 5.11 Å². The second-order valence-corrected chi connectivity index (χ2v) is 2.92. The molecule has 1 aromatic rings. The Bertz CT molecular complexity index is 236. The molecular formula is C6H2Cl3O. The second-order valence-electron chi connectivity index (χ2n) is 1.70. The quantitative estimate of drug-likeness (QED) is 0.563. The molecule has 0 unspecified atom stereocenters. The first-order valence-corrected chi connectivity index (χ1v) is 3.56. The summed E-state index contributed by atoms with van der Waals surface area (Å²) in [6, 6.07) is 2.64. The van der Waals surface area contributed by atoms with E-state index in [0.717, 1.165) is 0 Å². The lowest BCUT2D eigenvalue weighted by Crippen LogP contribution is -1.69. The zero-order valence-corrected chi connectivity index (χ0v) is 6.96. The molecule has 1 aromatic carbocycles. The normalized spacial score (nSPS) is 9.90. The molecule has 0 atom stereocenters. The van der Waals surface area contributed by atoms with Crippen LogP contribution in [0.25, 0.3) is 0 Å². The van der Waals surface area contributed by atoms with E-state index in [1.165, 1.54) is 12.1 Å². The Morgan fingerprint density at radius 3 is 2.20 bits per heavy atom. The molecule has 1 rings (SSSR count). The highest BCUT2D eigenvalue weighted by molar-refractivity contribution is 6.44. The van der Waals surface area contributed by atoms with Gasteiger partial charge < -0.3 is 0 Å². The third kappa shape index (κ3) is 1.48. The van der Waals surface area contributed by atoms with Crippen molar-refractivity contribution in [2.24, 2.45) is 0 Å². The fourth-order valence-corrected chi connectivity index (χ4v) is 1.12. The van der Waals surface area contributed by atoms with E-state index in [2.05, 4.69) is 0 Å². The molecule has 0 aromatic heterocycles. The van der Waals surface area contributed by atoms with Crippen LogP contribution in [0.5, 0.6) is 5.75 Å². The largest absolute Gasteiger partial charge is 0.288 e. The number of hydrogen-bond donors (Lipinski definition) is 0. The Morgan fingerprint density at radius 2 is 1.70 bits per heavy atom. The molecule has 0 spiro atoms. The van der Waals surface area contributed by atoms with Crippen molar-refractivity contribution in [1.82, 2.24) is 0 Å². The topological polar surface area (TPSA) is 19.9 Å². The Morgan fingerprint density at radius 1 is 1.10 bits per heavy atom. The monoisotopic (exact) mass is 195 g/mol. The summed E-state index contributed by atoms with van der Waals surface area (Å²) >= 11 is 16.4. The van der Waals surface area contributed by atoms with Crippen molar-refractivity contribution in [3.8, 4) is 5.75 Å². The SMILES string of the molecule is [O]c1cc(Cl)cc(Cl)c1Cl. The Labute approximate surface area is 73.1 Å². The molecule has 0 saturated heterocycles. The van der Waals surface area contributed by atoms with Gasteiger partial charge >= 0.3 is 0 Å². The summed E-state index contributed by atoms with van der Waals surface area (Å²) in [5, 5.41) is 11.3. The van der Waals surface area contributed by atoms with Gasteiger partial charge in [0.15, 0.2) is 5.75 Å². The van der Waals surface area contributed by atoms with Crippen molar-refractivity contribution >= 4 is 34.8 Å². The van der Waals surface area contributed by atoms with E-state index in [4.69, 9.17) is 34.8 Å². The lowest BCUT2D eigenvalue weighted by molar-refractivity contribution is 0.355. The summed E-state index contributed by atoms with van der Waals surface area (Å²) in [4.78, 5) is 0. The van der Waals surface area contributed by atoms with Crippen LogP contribution in [0.3, 0.4) is 0 Å². The highest BCUT2D eigenvalue weighted by Crippen LogP contribution is 2.34. The van der Waals surface area contributed by atoms with Gasteiger partial charge in [0.1, 0.15) is 5.02 Å². The van der Waals surface area contributed by atoms with E-state index in [1.807, 2.05) is 0 Å². The predicted molar refractivity (Wildman–Crippen MR) is 41.6 cm³/mol. The number of hydrogen-bond acceptors (Lipinski definition) is 0. The molecule has 1 radical (unpaired) electrons. The minimum Gasteiger partial charge on any atom is -0.288 e. The van der Waals surface area contributed by atoms with Gasteiger partial charge in [-0.3, -0.25) is 5.11 Å². The van der Waals surface area contributed by atoms with E-state index >= 15 is 0 Å². The van der Waals surface area contributed by atoms with Crippen LogP contribution in [0, 0.1) is 0 Å². The fraction of sp³-hybridized carbons (Fsp3) is 0. The third-order valence-corrected chi connectivity index (χ3v) is 1.96. The summed E-state index contributed by atoms with van der Waals surface area (Å²) in [5.41, 5.74) is 0. The summed E-state index contributed by atoms with van der Waals surface area (Å²) < 4.78 is 0. The van der Waals surface area contributed by atoms with Gasteiger partial charge in [0.2, 0.25) is 0 Å². The first-order chi connectivity index (χ1) is 4.61. The summed E-state index contributed by atoms with van der Waals surface area (Å²) in [6.45, 7) is 0. The average Bonchev–Trinajstić information content (AvgIpc) is 1.82. The molecule has 0 aliphatic heterocycles. The average molecular weight is 196 g/mol. The van der Waals surface area contributed by atoms with Crippen LogP contribution < -0.4 is 0 Å². The van der Waals surface area contributed by atoms with Gasteiger partial charge in [0.25, 0.3) is 0 Å². The third-order valence-electron chi connectivity index (χ3n) is 0.960. The van der Waals surface area contributed by atoms with E-state index < -0.39 is 0 Å². The predicted octanol–water partition coefficient (Wildman–Crippen LogP) is 3.79. The lowest BCUT2D eigenvalue weighted by Gasteiger charge is -1.95. The Balaban J connectivity index is 3.31. The molecule has 0 fully saturated rings. The highest BCUT2D eigenvalue weighted by Gasteiger charge is 2.05. The van der Waals surface area contributed by atoms with Crippen LogP contribution in [0.15, 0.2) is 12.1 Å². The van der Waals surface area contributed by atoms with Gasteiger partial charge in [0, 0.05) is 11.1 Å². The van der Waals surface area contributed by atoms with Gasteiger partial charge in [-0.2, -0.15) is 0 Å². The van der Waals surface area contributed by atoms with Crippen molar-refractivity contribution in [2.45, 2.75) is 0 Å². The molecule has 4 heteroatoms. The van der Waals surface area contributed by atoms with E-state index in [9.17, 15) is 5.11 Å². The molecule has 0 N–H and O–H groups in total. The number of halogens is 3. The summed E-state index contributed by atoms with van der Waals surface area (Å²) in [6.07, 6.45) is 0. The maximum absolute atomic E-state index is 10.8. The van der Waals surface area contributed by atoms with Gasteiger partial charge in [0.05, 0.1) is 5.02 Å². The molecule has 0 heterocycles. The minimum absolute atomic E-state index is 0.0195. The van der Waals surface area contributed by atoms with E-state index in [-0.39, 0.29) is 15.8 Å². The van der Waals surface area contributed by atoms with Crippen molar-refractivity contribution in [2.75, 3.05) is 0 Å². The second kappa shape index (κ2) is 2.87. The number of benzene rings is 1. The molecule has 0 bridgehead atoms. The summed E-state index contributed by atoms with van der Waals surface area (Å²) in [5.74, 6) is -0.348. The standard InChI is InChI=1S/C6H2Cl3O/c7-3-1-4(8)6(9)5(10)2-3/h1-2H. The summed E-state index contributed by atoms with van der Waals surface area (Å²) in [7, 11) is 0. The minimum atomic E-state index is -0.348. The maximum Gasteiger partial charge on any atom is 0.200 e. The first-order valence-electron chi connectivity index (χ1n) is 2.43. The molecule has 1 nitrogen and oxygen atoms in total. The van der Waals surface area contributed by atoms with Gasteiger partial charge in [-0.05, 0) is 6.07 Å². The smallest absolute Gasteiger partial charge is 0.200 e. The van der Waals surface area contributed by atoms with Crippen molar-refractivity contribution in [3.05, 3.63) is 27.2 Å². The Kier molecular flexibility index (Phi) is 2.29. The lowest BCUT2D eigenvalue weighted by atomic mass is 10.3. The van der Waals surface area contributed by atoms with Crippen LogP contribution in [0.4, 0.5) is 0 Å². The zero-order valence-electron chi connectivity index (χ0n) is 4.70. The molecule has 0 amide bonds. The van der Waals surface area contributed by atoms with Crippen molar-refractivity contribution in [3.63, 3.8) is 0 Å². The fourth-order valence-electron chi connectivity index (χ4n) is 0.532. The molecule has 0 aliphatic carbocycles. The maximum atomic E-state index is 10.8. The van der Waals surface area contributed by atoms with Crippen LogP contribution >= 0.6 is 34.8 Å². The van der Waals surface area contributed by atoms with Crippen LogP contribution in [0.1, 0.15) is 0 Å². The molecule has 0 saturated carbocycles. The molecule has 53 valence electrons. The molecule has 0 aliphatic rings. The van der Waals surface area contributed by atoms with Gasteiger partial charge in [-0.1, -0.05) is 34.8 Å². The molecular weight excluding hydrogens is 194 g/mol. The van der Waals surface area contributed by atoms with E-state index in [0.29, 0.717) is 5.02 Å². The van der Waals surface area contributed by atoms with Gasteiger partial charge in [-0.25, -0.2) is 0 Å². The van der Waals surface area contributed by atoms with Crippen LogP contribution in [0.2, 0.25) is 15.1 Å². The molecule has 10 heavy (non-hydrogen) atoms. The van der Waals surface area contributed by atoms with Gasteiger partial charge in [-0.15, -0.1) is 0 Å².